The average molecular weight is 235 g/mol. The number of fused-ring (bicyclic) bond motifs is 1. The van der Waals surface area contributed by atoms with Crippen LogP contribution < -0.4 is 5.43 Å². The van der Waals surface area contributed by atoms with Crippen molar-refractivity contribution in [3.05, 3.63) is 57.2 Å². The Kier molecular flexibility index (Phi) is 2.15. The molecule has 0 unspecified atom stereocenters. The molecule has 0 spiro atoms. The van der Waals surface area contributed by atoms with Gasteiger partial charge in [-0.25, -0.2) is 0 Å². The van der Waals surface area contributed by atoms with Crippen LogP contribution in [0.1, 0.15) is 0 Å². The zero-order chi connectivity index (χ0) is 9.26. The van der Waals surface area contributed by atoms with Crippen LogP contribution in [0.5, 0.6) is 0 Å². The lowest BCUT2D eigenvalue weighted by atomic mass is 10.1. The Labute approximate surface area is 84.5 Å². The van der Waals surface area contributed by atoms with E-state index in [-0.39, 0.29) is 5.43 Å². The van der Waals surface area contributed by atoms with E-state index in [0.717, 1.165) is 11.1 Å². The van der Waals surface area contributed by atoms with E-state index in [2.05, 4.69) is 15.9 Å². The standard InChI is InChI=1S/C11H7BrO/c12-10-7-6-8-4-2-1-3-5-9(8)11(10)13/h1-7H. The predicted molar refractivity (Wildman–Crippen MR) is 57.0 cm³/mol. The van der Waals surface area contributed by atoms with Crippen LogP contribution in [0.4, 0.5) is 0 Å². The molecule has 2 aliphatic carbocycles. The molecule has 0 radical (unpaired) electrons. The smallest absolute Gasteiger partial charge is 0.200 e. The van der Waals surface area contributed by atoms with Gasteiger partial charge in [-0.3, -0.25) is 4.79 Å². The van der Waals surface area contributed by atoms with E-state index in [1.165, 1.54) is 0 Å². The van der Waals surface area contributed by atoms with Crippen molar-refractivity contribution in [3.63, 3.8) is 0 Å². The van der Waals surface area contributed by atoms with E-state index >= 15 is 0 Å². The van der Waals surface area contributed by atoms with Crippen molar-refractivity contribution in [1.82, 2.24) is 0 Å². The van der Waals surface area contributed by atoms with Crippen molar-refractivity contribution in [1.29, 1.82) is 0 Å². The summed E-state index contributed by atoms with van der Waals surface area (Å²) in [6.45, 7) is 0. The molecule has 0 aliphatic heterocycles. The van der Waals surface area contributed by atoms with Gasteiger partial charge in [0.1, 0.15) is 0 Å². The van der Waals surface area contributed by atoms with Crippen molar-refractivity contribution in [2.24, 2.45) is 0 Å². The summed E-state index contributed by atoms with van der Waals surface area (Å²) in [4.78, 5) is 11.6. The second-order valence-corrected chi connectivity index (χ2v) is 3.64. The fraction of sp³-hybridized carbons (Fsp3) is 0. The maximum atomic E-state index is 11.6. The summed E-state index contributed by atoms with van der Waals surface area (Å²) in [7, 11) is 0. The highest BCUT2D eigenvalue weighted by molar-refractivity contribution is 9.10. The second kappa shape index (κ2) is 3.30. The minimum Gasteiger partial charge on any atom is -0.288 e. The van der Waals surface area contributed by atoms with Crippen LogP contribution in [0.25, 0.3) is 11.1 Å². The first-order valence-electron chi connectivity index (χ1n) is 3.96. The van der Waals surface area contributed by atoms with Crippen molar-refractivity contribution in [2.75, 3.05) is 0 Å². The van der Waals surface area contributed by atoms with Gasteiger partial charge in [-0.1, -0.05) is 36.4 Å². The van der Waals surface area contributed by atoms with Gasteiger partial charge in [0, 0.05) is 5.56 Å². The van der Waals surface area contributed by atoms with E-state index in [4.69, 9.17) is 0 Å². The monoisotopic (exact) mass is 234 g/mol. The topological polar surface area (TPSA) is 17.1 Å². The summed E-state index contributed by atoms with van der Waals surface area (Å²) in [5.41, 5.74) is 1.77. The summed E-state index contributed by atoms with van der Waals surface area (Å²) in [6.07, 6.45) is 0. The Morgan fingerprint density at radius 2 is 1.69 bits per heavy atom. The number of hydrogen-bond acceptors (Lipinski definition) is 1. The van der Waals surface area contributed by atoms with Gasteiger partial charge >= 0.3 is 0 Å². The fourth-order valence-corrected chi connectivity index (χ4v) is 1.63. The lowest BCUT2D eigenvalue weighted by Crippen LogP contribution is -2.04. The summed E-state index contributed by atoms with van der Waals surface area (Å²) in [6, 6.07) is 13.2. The van der Waals surface area contributed by atoms with Crippen LogP contribution >= 0.6 is 15.9 Å². The van der Waals surface area contributed by atoms with E-state index in [1.807, 2.05) is 36.4 Å². The molecule has 0 fully saturated rings. The Morgan fingerprint density at radius 3 is 2.54 bits per heavy atom. The van der Waals surface area contributed by atoms with Gasteiger partial charge < -0.3 is 0 Å². The van der Waals surface area contributed by atoms with Crippen molar-refractivity contribution >= 4 is 15.9 Å². The van der Waals surface area contributed by atoms with Crippen LogP contribution in [-0.2, 0) is 0 Å². The molecule has 0 amide bonds. The average Bonchev–Trinajstić information content (AvgIpc) is 2.36. The van der Waals surface area contributed by atoms with E-state index in [9.17, 15) is 4.79 Å². The maximum absolute atomic E-state index is 11.6. The Morgan fingerprint density at radius 1 is 0.923 bits per heavy atom. The molecule has 0 saturated heterocycles. The van der Waals surface area contributed by atoms with Gasteiger partial charge in [-0.05, 0) is 27.6 Å². The molecular weight excluding hydrogens is 228 g/mol. The van der Waals surface area contributed by atoms with Crippen LogP contribution in [0, 0.1) is 0 Å². The molecule has 0 heterocycles. The zero-order valence-corrected chi connectivity index (χ0v) is 8.41. The first kappa shape index (κ1) is 8.45. The van der Waals surface area contributed by atoms with Crippen molar-refractivity contribution in [2.45, 2.75) is 0 Å². The number of benzene rings is 1. The molecule has 13 heavy (non-hydrogen) atoms. The van der Waals surface area contributed by atoms with Gasteiger partial charge in [-0.2, -0.15) is 0 Å². The van der Waals surface area contributed by atoms with Crippen LogP contribution in [0.15, 0.2) is 51.7 Å². The molecular formula is C11H7BrO. The van der Waals surface area contributed by atoms with Gasteiger partial charge in [0.25, 0.3) is 0 Å². The minimum atomic E-state index is 0.0497. The molecule has 0 bridgehead atoms. The quantitative estimate of drug-likeness (QED) is 0.686. The third-order valence-corrected chi connectivity index (χ3v) is 2.57. The Hall–Kier alpha value is -1.15. The number of halogens is 1. The molecule has 2 aliphatic rings. The van der Waals surface area contributed by atoms with Crippen LogP contribution in [0.2, 0.25) is 0 Å². The first-order valence-corrected chi connectivity index (χ1v) is 4.76. The molecule has 0 aromatic carbocycles. The second-order valence-electron chi connectivity index (χ2n) is 2.79. The maximum Gasteiger partial charge on any atom is 0.200 e. The first-order chi connectivity index (χ1) is 6.29. The third kappa shape index (κ3) is 1.49. The highest BCUT2D eigenvalue weighted by Crippen LogP contribution is 2.18. The van der Waals surface area contributed by atoms with E-state index in [0.29, 0.717) is 4.47 Å². The van der Waals surface area contributed by atoms with Crippen LogP contribution in [-0.4, -0.2) is 0 Å². The third-order valence-electron chi connectivity index (χ3n) is 1.94. The van der Waals surface area contributed by atoms with E-state index in [1.54, 1.807) is 6.07 Å². The van der Waals surface area contributed by atoms with Crippen molar-refractivity contribution < 1.29 is 0 Å². The Bertz CT molecular complexity index is 465. The lowest BCUT2D eigenvalue weighted by Gasteiger charge is -1.98. The SMILES string of the molecule is O=c1c(Br)ccc2cccccc1-2. The highest BCUT2D eigenvalue weighted by atomic mass is 79.9. The molecule has 2 heteroatoms. The number of hydrogen-bond donors (Lipinski definition) is 0. The van der Waals surface area contributed by atoms with Gasteiger partial charge in [-0.15, -0.1) is 0 Å². The summed E-state index contributed by atoms with van der Waals surface area (Å²) < 4.78 is 0.617. The molecule has 0 N–H and O–H groups in total. The molecule has 0 atom stereocenters. The van der Waals surface area contributed by atoms with Gasteiger partial charge in [0.2, 0.25) is 5.43 Å². The number of rotatable bonds is 0. The lowest BCUT2D eigenvalue weighted by molar-refractivity contribution is 1.51. The molecule has 0 aromatic rings. The van der Waals surface area contributed by atoms with Crippen molar-refractivity contribution in [3.8, 4) is 11.1 Å². The summed E-state index contributed by atoms with van der Waals surface area (Å²) in [5, 5.41) is 0. The molecule has 64 valence electrons. The summed E-state index contributed by atoms with van der Waals surface area (Å²) in [5.74, 6) is 0. The largest absolute Gasteiger partial charge is 0.288 e. The normalized spacial score (nSPS) is 10.2. The minimum absolute atomic E-state index is 0.0497. The molecule has 2 rings (SSSR count). The van der Waals surface area contributed by atoms with E-state index < -0.39 is 0 Å². The zero-order valence-electron chi connectivity index (χ0n) is 6.83. The van der Waals surface area contributed by atoms with Crippen LogP contribution in [0.3, 0.4) is 0 Å². The summed E-state index contributed by atoms with van der Waals surface area (Å²) >= 11 is 3.22. The molecule has 1 nitrogen and oxygen atoms in total. The predicted octanol–water partition coefficient (Wildman–Crippen LogP) is 2.91. The van der Waals surface area contributed by atoms with Gasteiger partial charge in [0.05, 0.1) is 4.47 Å². The van der Waals surface area contributed by atoms with Gasteiger partial charge in [0.15, 0.2) is 0 Å². The molecule has 0 aromatic heterocycles. The molecule has 0 saturated carbocycles. The highest BCUT2D eigenvalue weighted by Gasteiger charge is 2.05. The fourth-order valence-electron chi connectivity index (χ4n) is 1.28. The Balaban J connectivity index is 2.90.